The lowest BCUT2D eigenvalue weighted by Crippen LogP contribution is -2.14. The Morgan fingerprint density at radius 2 is 1.57 bits per heavy atom. The van der Waals surface area contributed by atoms with Crippen LogP contribution in [0.1, 0.15) is 27.0 Å². The van der Waals surface area contributed by atoms with E-state index in [4.69, 9.17) is 4.98 Å². The maximum atomic E-state index is 13.2. The Morgan fingerprint density at radius 3 is 2.36 bits per heavy atom. The van der Waals surface area contributed by atoms with E-state index in [1.807, 2.05) is 61.5 Å². The Morgan fingerprint density at radius 1 is 0.821 bits per heavy atom. The number of pyridine rings is 1. The minimum absolute atomic E-state index is 0.126. The maximum absolute atomic E-state index is 13.2. The summed E-state index contributed by atoms with van der Waals surface area (Å²) in [6, 6.07) is 23.8. The topological polar surface area (TPSA) is 42.0 Å². The third-order valence-corrected chi connectivity index (χ3v) is 5.01. The highest BCUT2D eigenvalue weighted by Crippen LogP contribution is 2.28. The molecule has 0 spiro atoms. The summed E-state index contributed by atoms with van der Waals surface area (Å²) >= 11 is 0. The van der Waals surface area contributed by atoms with E-state index in [-0.39, 0.29) is 5.91 Å². The average molecular weight is 366 g/mol. The summed E-state index contributed by atoms with van der Waals surface area (Å²) in [6.45, 7) is 6.14. The summed E-state index contributed by atoms with van der Waals surface area (Å²) in [5, 5.41) is 3.90. The van der Waals surface area contributed by atoms with E-state index in [0.29, 0.717) is 5.56 Å². The second-order valence-corrected chi connectivity index (χ2v) is 7.16. The Bertz CT molecular complexity index is 1190. The molecule has 28 heavy (non-hydrogen) atoms. The van der Waals surface area contributed by atoms with Crippen LogP contribution < -0.4 is 5.32 Å². The number of nitrogens with zero attached hydrogens (tertiary/aromatic N) is 1. The molecule has 0 atom stereocenters. The Hall–Kier alpha value is -3.46. The van der Waals surface area contributed by atoms with Gasteiger partial charge in [-0.15, -0.1) is 0 Å². The first kappa shape index (κ1) is 17.9. The number of hydrogen-bond acceptors (Lipinski definition) is 2. The highest BCUT2D eigenvalue weighted by molar-refractivity contribution is 6.13. The molecule has 0 saturated carbocycles. The molecule has 1 aromatic heterocycles. The van der Waals surface area contributed by atoms with Gasteiger partial charge in [-0.2, -0.15) is 0 Å². The first-order valence-electron chi connectivity index (χ1n) is 9.37. The van der Waals surface area contributed by atoms with Crippen LogP contribution in [-0.4, -0.2) is 10.9 Å². The second kappa shape index (κ2) is 7.28. The van der Waals surface area contributed by atoms with E-state index in [1.54, 1.807) is 0 Å². The molecule has 0 radical (unpaired) electrons. The van der Waals surface area contributed by atoms with E-state index in [1.165, 1.54) is 5.56 Å². The van der Waals surface area contributed by atoms with Gasteiger partial charge in [-0.05, 0) is 50.1 Å². The molecule has 0 aliphatic rings. The van der Waals surface area contributed by atoms with Crippen molar-refractivity contribution in [1.82, 2.24) is 4.98 Å². The van der Waals surface area contributed by atoms with Crippen molar-refractivity contribution < 1.29 is 4.79 Å². The van der Waals surface area contributed by atoms with Gasteiger partial charge >= 0.3 is 0 Å². The molecule has 3 heteroatoms. The zero-order valence-electron chi connectivity index (χ0n) is 16.3. The highest BCUT2D eigenvalue weighted by Gasteiger charge is 2.15. The standard InChI is InChI=1S/C25H22N2O/c1-16-12-13-19(18(3)14-16)24-15-21(20-9-5-7-11-23(20)26-24)25(28)27-22-10-6-4-8-17(22)2/h4-15H,1-3H3,(H,27,28). The number of rotatable bonds is 3. The predicted octanol–water partition coefficient (Wildman–Crippen LogP) is 6.08. The first-order chi connectivity index (χ1) is 13.5. The van der Waals surface area contributed by atoms with E-state index in [2.05, 4.69) is 37.4 Å². The third kappa shape index (κ3) is 3.39. The number of aryl methyl sites for hydroxylation is 3. The van der Waals surface area contributed by atoms with Crippen LogP contribution in [0.15, 0.2) is 72.8 Å². The molecule has 0 aliphatic heterocycles. The molecule has 0 bridgehead atoms. The SMILES string of the molecule is Cc1ccc(-c2cc(C(=O)Nc3ccccc3C)c3ccccc3n2)c(C)c1. The number of carbonyl (C=O) groups excluding carboxylic acids is 1. The van der Waals surface area contributed by atoms with Crippen molar-refractivity contribution >= 4 is 22.5 Å². The number of hydrogen-bond donors (Lipinski definition) is 1. The van der Waals surface area contributed by atoms with E-state index in [0.717, 1.165) is 39.0 Å². The molecular formula is C25H22N2O. The highest BCUT2D eigenvalue weighted by atomic mass is 16.1. The van der Waals surface area contributed by atoms with Gasteiger partial charge in [-0.1, -0.05) is 60.2 Å². The number of benzene rings is 3. The van der Waals surface area contributed by atoms with Crippen molar-refractivity contribution in [3.8, 4) is 11.3 Å². The summed E-state index contributed by atoms with van der Waals surface area (Å²) < 4.78 is 0. The minimum Gasteiger partial charge on any atom is -0.322 e. The molecule has 4 rings (SSSR count). The fraction of sp³-hybridized carbons (Fsp3) is 0.120. The molecule has 4 aromatic rings. The minimum atomic E-state index is -0.126. The van der Waals surface area contributed by atoms with E-state index >= 15 is 0 Å². The summed E-state index contributed by atoms with van der Waals surface area (Å²) in [7, 11) is 0. The van der Waals surface area contributed by atoms with Crippen molar-refractivity contribution in [1.29, 1.82) is 0 Å². The van der Waals surface area contributed by atoms with Gasteiger partial charge in [0.25, 0.3) is 5.91 Å². The molecule has 3 aromatic carbocycles. The molecule has 1 heterocycles. The number of fused-ring (bicyclic) bond motifs is 1. The molecule has 138 valence electrons. The van der Waals surface area contributed by atoms with Crippen LogP contribution in [-0.2, 0) is 0 Å². The van der Waals surface area contributed by atoms with Crippen molar-refractivity contribution in [3.05, 3.63) is 95.1 Å². The maximum Gasteiger partial charge on any atom is 0.256 e. The lowest BCUT2D eigenvalue weighted by Gasteiger charge is -2.13. The number of para-hydroxylation sites is 2. The zero-order valence-corrected chi connectivity index (χ0v) is 16.3. The van der Waals surface area contributed by atoms with Gasteiger partial charge in [0, 0.05) is 16.6 Å². The molecular weight excluding hydrogens is 344 g/mol. The van der Waals surface area contributed by atoms with Crippen LogP contribution in [0, 0.1) is 20.8 Å². The lowest BCUT2D eigenvalue weighted by molar-refractivity contribution is 0.102. The quantitative estimate of drug-likeness (QED) is 0.477. The Labute approximate surface area is 165 Å². The number of nitrogens with one attached hydrogen (secondary N) is 1. The molecule has 3 nitrogen and oxygen atoms in total. The van der Waals surface area contributed by atoms with E-state index in [9.17, 15) is 4.79 Å². The molecule has 0 unspecified atom stereocenters. The molecule has 0 saturated heterocycles. The summed E-state index contributed by atoms with van der Waals surface area (Å²) in [5.74, 6) is -0.126. The van der Waals surface area contributed by atoms with Gasteiger partial charge in [0.1, 0.15) is 0 Å². The Balaban J connectivity index is 1.85. The molecule has 1 amide bonds. The van der Waals surface area contributed by atoms with Gasteiger partial charge in [-0.25, -0.2) is 4.98 Å². The van der Waals surface area contributed by atoms with Crippen molar-refractivity contribution in [2.75, 3.05) is 5.32 Å². The number of carbonyl (C=O) groups is 1. The van der Waals surface area contributed by atoms with Crippen LogP contribution >= 0.6 is 0 Å². The first-order valence-corrected chi connectivity index (χ1v) is 9.37. The van der Waals surface area contributed by atoms with Crippen LogP contribution in [0.25, 0.3) is 22.2 Å². The van der Waals surface area contributed by atoms with Crippen LogP contribution in [0.3, 0.4) is 0 Å². The van der Waals surface area contributed by atoms with Crippen LogP contribution in [0.4, 0.5) is 5.69 Å². The van der Waals surface area contributed by atoms with E-state index < -0.39 is 0 Å². The number of anilines is 1. The van der Waals surface area contributed by atoms with Crippen molar-refractivity contribution in [2.45, 2.75) is 20.8 Å². The van der Waals surface area contributed by atoms with Crippen LogP contribution in [0.2, 0.25) is 0 Å². The number of amides is 1. The third-order valence-electron chi connectivity index (χ3n) is 5.01. The summed E-state index contributed by atoms with van der Waals surface area (Å²) in [4.78, 5) is 18.0. The summed E-state index contributed by atoms with van der Waals surface area (Å²) in [6.07, 6.45) is 0. The monoisotopic (exact) mass is 366 g/mol. The van der Waals surface area contributed by atoms with Gasteiger partial charge in [0.15, 0.2) is 0 Å². The molecule has 0 aliphatic carbocycles. The van der Waals surface area contributed by atoms with Gasteiger partial charge in [0.2, 0.25) is 0 Å². The van der Waals surface area contributed by atoms with Gasteiger partial charge in [-0.3, -0.25) is 4.79 Å². The Kier molecular flexibility index (Phi) is 4.66. The van der Waals surface area contributed by atoms with Gasteiger partial charge in [0.05, 0.1) is 16.8 Å². The predicted molar refractivity (Wildman–Crippen MR) is 116 cm³/mol. The van der Waals surface area contributed by atoms with Crippen molar-refractivity contribution in [3.63, 3.8) is 0 Å². The number of aromatic nitrogens is 1. The van der Waals surface area contributed by atoms with Gasteiger partial charge < -0.3 is 5.32 Å². The fourth-order valence-corrected chi connectivity index (χ4v) is 3.51. The lowest BCUT2D eigenvalue weighted by atomic mass is 9.99. The zero-order chi connectivity index (χ0) is 19.7. The normalized spacial score (nSPS) is 10.8. The summed E-state index contributed by atoms with van der Waals surface area (Å²) in [5.41, 5.74) is 7.50. The average Bonchev–Trinajstić information content (AvgIpc) is 2.69. The smallest absolute Gasteiger partial charge is 0.256 e. The molecule has 1 N–H and O–H groups in total. The second-order valence-electron chi connectivity index (χ2n) is 7.16. The fourth-order valence-electron chi connectivity index (χ4n) is 3.51. The van der Waals surface area contributed by atoms with Crippen molar-refractivity contribution in [2.24, 2.45) is 0 Å². The van der Waals surface area contributed by atoms with Crippen LogP contribution in [0.5, 0.6) is 0 Å². The molecule has 0 fully saturated rings. The largest absolute Gasteiger partial charge is 0.322 e.